The highest BCUT2D eigenvalue weighted by molar-refractivity contribution is 5.70. The molecule has 104 valence electrons. The molecule has 0 heterocycles. The number of nitrogens with one attached hydrogen (secondary N) is 1. The first-order valence-corrected chi connectivity index (χ1v) is 6.82. The van der Waals surface area contributed by atoms with Gasteiger partial charge >= 0.3 is 5.97 Å². The monoisotopic (exact) mass is 257 g/mol. The van der Waals surface area contributed by atoms with Gasteiger partial charge in [-0.3, -0.25) is 4.79 Å². The highest BCUT2D eigenvalue weighted by atomic mass is 16.4. The van der Waals surface area contributed by atoms with Gasteiger partial charge in [-0.1, -0.05) is 0 Å². The number of carboxylic acids is 1. The molecule has 18 heavy (non-hydrogen) atoms. The molecule has 2 aliphatic carbocycles. The van der Waals surface area contributed by atoms with E-state index in [1.165, 1.54) is 0 Å². The van der Waals surface area contributed by atoms with E-state index in [1.54, 1.807) is 0 Å². The minimum atomic E-state index is -0.742. The van der Waals surface area contributed by atoms with E-state index in [4.69, 9.17) is 10.2 Å². The Morgan fingerprint density at radius 3 is 2.39 bits per heavy atom. The molecule has 0 spiro atoms. The Balaban J connectivity index is 1.65. The van der Waals surface area contributed by atoms with Crippen LogP contribution < -0.4 is 5.32 Å². The molecular weight excluding hydrogens is 234 g/mol. The predicted molar refractivity (Wildman–Crippen MR) is 66.1 cm³/mol. The highest BCUT2D eigenvalue weighted by Crippen LogP contribution is 2.32. The second-order valence-electron chi connectivity index (χ2n) is 5.96. The number of hydrogen-bond donors (Lipinski definition) is 4. The lowest BCUT2D eigenvalue weighted by atomic mass is 9.78. The summed E-state index contributed by atoms with van der Waals surface area (Å²) < 4.78 is 0. The van der Waals surface area contributed by atoms with Crippen LogP contribution in [0.4, 0.5) is 0 Å². The SMILES string of the molecule is O=C(O)C1CCC(O)(CNCC2CC(O)C2)CC1. The van der Waals surface area contributed by atoms with Crippen LogP contribution in [0.15, 0.2) is 0 Å². The Morgan fingerprint density at radius 2 is 1.89 bits per heavy atom. The average molecular weight is 257 g/mol. The van der Waals surface area contributed by atoms with E-state index < -0.39 is 11.6 Å². The molecule has 2 aliphatic rings. The first-order chi connectivity index (χ1) is 8.48. The maximum atomic E-state index is 10.8. The molecule has 2 fully saturated rings. The first-order valence-electron chi connectivity index (χ1n) is 6.82. The van der Waals surface area contributed by atoms with Gasteiger partial charge in [0.05, 0.1) is 17.6 Å². The maximum Gasteiger partial charge on any atom is 0.306 e. The molecule has 0 aromatic heterocycles. The quantitative estimate of drug-likeness (QED) is 0.571. The van der Waals surface area contributed by atoms with Gasteiger partial charge in [0.15, 0.2) is 0 Å². The lowest BCUT2D eigenvalue weighted by Gasteiger charge is -2.36. The fraction of sp³-hybridized carbons (Fsp3) is 0.923. The normalized spacial score (nSPS) is 40.2. The number of aliphatic hydroxyl groups is 2. The third-order valence-corrected chi connectivity index (χ3v) is 4.36. The zero-order chi connectivity index (χ0) is 13.2. The van der Waals surface area contributed by atoms with Gasteiger partial charge in [0.1, 0.15) is 0 Å². The van der Waals surface area contributed by atoms with Crippen molar-refractivity contribution in [2.45, 2.75) is 50.2 Å². The van der Waals surface area contributed by atoms with Crippen molar-refractivity contribution in [2.24, 2.45) is 11.8 Å². The predicted octanol–water partition coefficient (Wildman–Crippen LogP) is 0.353. The van der Waals surface area contributed by atoms with Crippen molar-refractivity contribution in [1.82, 2.24) is 5.32 Å². The summed E-state index contributed by atoms with van der Waals surface area (Å²) in [7, 11) is 0. The van der Waals surface area contributed by atoms with Gasteiger partial charge in [0.2, 0.25) is 0 Å². The third kappa shape index (κ3) is 3.43. The number of hydrogen-bond acceptors (Lipinski definition) is 4. The molecule has 5 heteroatoms. The van der Waals surface area contributed by atoms with Crippen molar-refractivity contribution in [3.8, 4) is 0 Å². The molecule has 2 saturated carbocycles. The summed E-state index contributed by atoms with van der Waals surface area (Å²) in [4.78, 5) is 10.8. The number of carboxylic acid groups (broad SMARTS) is 1. The minimum absolute atomic E-state index is 0.133. The second-order valence-corrected chi connectivity index (χ2v) is 5.96. The smallest absolute Gasteiger partial charge is 0.306 e. The minimum Gasteiger partial charge on any atom is -0.481 e. The topological polar surface area (TPSA) is 89.8 Å². The molecule has 4 N–H and O–H groups in total. The molecular formula is C13H23NO4. The Labute approximate surface area is 107 Å². The van der Waals surface area contributed by atoms with Crippen molar-refractivity contribution >= 4 is 5.97 Å². The molecule has 0 radical (unpaired) electrons. The van der Waals surface area contributed by atoms with Crippen LogP contribution in [0.2, 0.25) is 0 Å². The Hall–Kier alpha value is -0.650. The summed E-state index contributed by atoms with van der Waals surface area (Å²) in [6.07, 6.45) is 3.82. The van der Waals surface area contributed by atoms with Gasteiger partial charge in [0, 0.05) is 6.54 Å². The van der Waals surface area contributed by atoms with Crippen LogP contribution in [0.5, 0.6) is 0 Å². The van der Waals surface area contributed by atoms with Gasteiger partial charge in [-0.05, 0) is 51.0 Å². The van der Waals surface area contributed by atoms with Crippen LogP contribution in [-0.4, -0.2) is 46.1 Å². The lowest BCUT2D eigenvalue weighted by molar-refractivity contribution is -0.144. The molecule has 0 saturated heterocycles. The van der Waals surface area contributed by atoms with Crippen molar-refractivity contribution in [1.29, 1.82) is 0 Å². The second kappa shape index (κ2) is 5.55. The van der Waals surface area contributed by atoms with E-state index in [0.717, 1.165) is 19.4 Å². The number of carbonyl (C=O) groups is 1. The molecule has 0 aromatic carbocycles. The van der Waals surface area contributed by atoms with Crippen molar-refractivity contribution in [2.75, 3.05) is 13.1 Å². The number of rotatable bonds is 5. The Kier molecular flexibility index (Phi) is 4.25. The fourth-order valence-corrected chi connectivity index (χ4v) is 2.96. The third-order valence-electron chi connectivity index (χ3n) is 4.36. The van der Waals surface area contributed by atoms with Crippen LogP contribution >= 0.6 is 0 Å². The summed E-state index contributed by atoms with van der Waals surface area (Å²) in [5, 5.41) is 31.6. The summed E-state index contributed by atoms with van der Waals surface area (Å²) in [6.45, 7) is 1.37. The summed E-state index contributed by atoms with van der Waals surface area (Å²) in [5.74, 6) is -0.500. The summed E-state index contributed by atoms with van der Waals surface area (Å²) in [5.41, 5.74) is -0.742. The first kappa shape index (κ1) is 13.8. The number of aliphatic carboxylic acids is 1. The van der Waals surface area contributed by atoms with Crippen LogP contribution in [0.1, 0.15) is 38.5 Å². The zero-order valence-corrected chi connectivity index (χ0v) is 10.6. The van der Waals surface area contributed by atoms with Crippen LogP contribution in [0, 0.1) is 11.8 Å². The number of aliphatic hydroxyl groups excluding tert-OH is 1. The van der Waals surface area contributed by atoms with E-state index in [9.17, 15) is 9.90 Å². The van der Waals surface area contributed by atoms with E-state index in [1.807, 2.05) is 0 Å². The van der Waals surface area contributed by atoms with Crippen LogP contribution in [0.25, 0.3) is 0 Å². The van der Waals surface area contributed by atoms with Gasteiger partial charge in [0.25, 0.3) is 0 Å². The fourth-order valence-electron chi connectivity index (χ4n) is 2.96. The van der Waals surface area contributed by atoms with Crippen molar-refractivity contribution in [3.63, 3.8) is 0 Å². The van der Waals surface area contributed by atoms with Gasteiger partial charge in [-0.2, -0.15) is 0 Å². The van der Waals surface area contributed by atoms with E-state index in [2.05, 4.69) is 5.32 Å². The summed E-state index contributed by atoms with van der Waals surface area (Å²) in [6, 6.07) is 0. The highest BCUT2D eigenvalue weighted by Gasteiger charge is 2.36. The van der Waals surface area contributed by atoms with Gasteiger partial charge < -0.3 is 20.6 Å². The lowest BCUT2D eigenvalue weighted by Crippen LogP contribution is -2.46. The Morgan fingerprint density at radius 1 is 1.28 bits per heavy atom. The molecule has 2 rings (SSSR count). The summed E-state index contributed by atoms with van der Waals surface area (Å²) >= 11 is 0. The average Bonchev–Trinajstić information content (AvgIpc) is 2.27. The van der Waals surface area contributed by atoms with Crippen molar-refractivity contribution in [3.05, 3.63) is 0 Å². The molecule has 0 aliphatic heterocycles. The largest absolute Gasteiger partial charge is 0.481 e. The molecule has 0 bridgehead atoms. The van der Waals surface area contributed by atoms with E-state index in [-0.39, 0.29) is 12.0 Å². The molecule has 5 nitrogen and oxygen atoms in total. The van der Waals surface area contributed by atoms with E-state index in [0.29, 0.717) is 38.1 Å². The molecule has 0 aromatic rings. The van der Waals surface area contributed by atoms with E-state index >= 15 is 0 Å². The van der Waals surface area contributed by atoms with Crippen LogP contribution in [0.3, 0.4) is 0 Å². The maximum absolute atomic E-state index is 10.8. The van der Waals surface area contributed by atoms with Crippen molar-refractivity contribution < 1.29 is 20.1 Å². The van der Waals surface area contributed by atoms with Gasteiger partial charge in [-0.15, -0.1) is 0 Å². The molecule has 0 atom stereocenters. The van der Waals surface area contributed by atoms with Gasteiger partial charge in [-0.25, -0.2) is 0 Å². The Bertz CT molecular complexity index is 293. The zero-order valence-electron chi connectivity index (χ0n) is 10.6. The molecule has 0 unspecified atom stereocenters. The standard InChI is InChI=1S/C13H23NO4/c15-11-5-9(6-11)7-14-8-13(18)3-1-10(2-4-13)12(16)17/h9-11,14-15,18H,1-8H2,(H,16,17). The van der Waals surface area contributed by atoms with Crippen LogP contribution in [-0.2, 0) is 4.79 Å². The molecule has 0 amide bonds.